The maximum atomic E-state index is 14.5. The zero-order valence-corrected chi connectivity index (χ0v) is 22.7. The lowest BCUT2D eigenvalue weighted by Crippen LogP contribution is -2.49. The quantitative estimate of drug-likeness (QED) is 0.320. The highest BCUT2D eigenvalue weighted by molar-refractivity contribution is 9.10. The zero-order chi connectivity index (χ0) is 25.9. The van der Waals surface area contributed by atoms with E-state index in [1.54, 1.807) is 0 Å². The van der Waals surface area contributed by atoms with Crippen LogP contribution in [0.15, 0.2) is 33.7 Å². The Labute approximate surface area is 223 Å². The first kappa shape index (κ1) is 25.6. The molecule has 36 heavy (non-hydrogen) atoms. The lowest BCUT2D eigenvalue weighted by Gasteiger charge is -2.39. The van der Waals surface area contributed by atoms with Gasteiger partial charge < -0.3 is 10.2 Å². The number of hydrogen-bond acceptors (Lipinski definition) is 4. The monoisotopic (exact) mass is 630 g/mol. The first-order valence-corrected chi connectivity index (χ1v) is 13.7. The van der Waals surface area contributed by atoms with E-state index in [2.05, 4.69) is 42.2 Å². The van der Waals surface area contributed by atoms with Gasteiger partial charge in [-0.1, -0.05) is 45.2 Å². The number of nitrogens with zero attached hydrogens (tertiary/aromatic N) is 3. The molecule has 2 aliphatic heterocycles. The fraction of sp³-hybridized carbons (Fsp3) is 0.480. The topological polar surface area (TPSA) is 57.6 Å². The van der Waals surface area contributed by atoms with Crippen molar-refractivity contribution in [3.05, 3.63) is 57.1 Å². The molecule has 1 amide bonds. The molecule has 1 spiro atoms. The smallest absolute Gasteiger partial charge is 0.371 e. The summed E-state index contributed by atoms with van der Waals surface area (Å²) in [5, 5.41) is 3.20. The van der Waals surface area contributed by atoms with Crippen molar-refractivity contribution in [2.24, 2.45) is 4.99 Å². The molecule has 5 nitrogen and oxygen atoms in total. The summed E-state index contributed by atoms with van der Waals surface area (Å²) < 4.78 is 55.4. The van der Waals surface area contributed by atoms with Crippen molar-refractivity contribution in [1.29, 1.82) is 0 Å². The zero-order valence-electron chi connectivity index (χ0n) is 19.5. The van der Waals surface area contributed by atoms with Crippen LogP contribution in [-0.4, -0.2) is 35.4 Å². The molecule has 3 heterocycles. The van der Waals surface area contributed by atoms with E-state index in [1.807, 2.05) is 17.9 Å². The van der Waals surface area contributed by atoms with E-state index in [0.717, 1.165) is 31.0 Å². The number of rotatable bonds is 4. The predicted octanol–water partition coefficient (Wildman–Crippen LogP) is 6.25. The van der Waals surface area contributed by atoms with E-state index in [0.29, 0.717) is 52.6 Å². The molecular weight excluding hydrogens is 608 g/mol. The van der Waals surface area contributed by atoms with E-state index in [4.69, 9.17) is 4.99 Å². The van der Waals surface area contributed by atoms with Crippen LogP contribution in [0.25, 0.3) is 0 Å². The third-order valence-electron chi connectivity index (χ3n) is 7.65. The molecule has 2 aromatic rings. The Morgan fingerprint density at radius 1 is 1.14 bits per heavy atom. The standard InChI is InChI=1S/C25H24Br2F4N4O/c1-23(5-2-6-23)20-15(3-4-19(32-20)25(29,30)31)21-33-22(36)24(34-21)7-9-35(10-8-24)18-12-14(27)11-17(28)16(18)13-26/h3-4,11-12H,2,5-10,13H2,1H3,(H,33,34,36). The minimum absolute atomic E-state index is 0.261. The minimum Gasteiger partial charge on any atom is -0.371 e. The highest BCUT2D eigenvalue weighted by Gasteiger charge is 2.48. The number of amidine groups is 1. The number of amides is 1. The highest BCUT2D eigenvalue weighted by atomic mass is 79.9. The number of halogens is 6. The number of carbonyl (C=O) groups is 1. The molecule has 0 atom stereocenters. The van der Waals surface area contributed by atoms with Crippen LogP contribution >= 0.6 is 31.9 Å². The molecule has 2 fully saturated rings. The molecule has 1 aliphatic carbocycles. The number of pyridine rings is 1. The number of hydrogen-bond donors (Lipinski definition) is 1. The molecule has 5 rings (SSSR count). The van der Waals surface area contributed by atoms with Gasteiger partial charge in [0.25, 0.3) is 5.91 Å². The van der Waals surface area contributed by atoms with Crippen molar-refractivity contribution in [3.8, 4) is 0 Å². The molecule has 1 saturated heterocycles. The van der Waals surface area contributed by atoms with E-state index < -0.39 is 22.8 Å². The molecular formula is C25H24Br2F4N4O. The van der Waals surface area contributed by atoms with Crippen molar-refractivity contribution < 1.29 is 22.4 Å². The summed E-state index contributed by atoms with van der Waals surface area (Å²) in [6.45, 7) is 2.87. The summed E-state index contributed by atoms with van der Waals surface area (Å²) in [5.74, 6) is -0.294. The van der Waals surface area contributed by atoms with Gasteiger partial charge in [0.05, 0.1) is 5.69 Å². The highest BCUT2D eigenvalue weighted by Crippen LogP contribution is 2.45. The van der Waals surface area contributed by atoms with Crippen molar-refractivity contribution in [2.75, 3.05) is 18.0 Å². The van der Waals surface area contributed by atoms with E-state index in [1.165, 1.54) is 12.1 Å². The van der Waals surface area contributed by atoms with Crippen LogP contribution < -0.4 is 10.2 Å². The van der Waals surface area contributed by atoms with E-state index in [-0.39, 0.29) is 17.6 Å². The molecule has 1 saturated carbocycles. The van der Waals surface area contributed by atoms with Gasteiger partial charge in [-0.2, -0.15) is 13.2 Å². The van der Waals surface area contributed by atoms with Gasteiger partial charge in [0, 0.05) is 45.1 Å². The van der Waals surface area contributed by atoms with E-state index in [9.17, 15) is 22.4 Å². The number of aliphatic imine (C=N–C) groups is 1. The Morgan fingerprint density at radius 3 is 2.42 bits per heavy atom. The van der Waals surface area contributed by atoms with Gasteiger partial charge >= 0.3 is 6.18 Å². The second-order valence-electron chi connectivity index (χ2n) is 9.96. The average Bonchev–Trinajstić information content (AvgIpc) is 3.12. The minimum atomic E-state index is -4.55. The summed E-state index contributed by atoms with van der Waals surface area (Å²) >= 11 is 6.71. The molecule has 0 bridgehead atoms. The number of nitrogens with one attached hydrogen (secondary N) is 1. The van der Waals surface area contributed by atoms with Crippen LogP contribution in [0.3, 0.4) is 0 Å². The van der Waals surface area contributed by atoms with Crippen LogP contribution in [-0.2, 0) is 21.7 Å². The molecule has 0 unspecified atom stereocenters. The molecule has 1 aromatic carbocycles. The lowest BCUT2D eigenvalue weighted by atomic mass is 9.67. The van der Waals surface area contributed by atoms with Crippen molar-refractivity contribution in [2.45, 2.75) is 61.5 Å². The summed E-state index contributed by atoms with van der Waals surface area (Å²) in [4.78, 5) is 24.0. The number of aromatic nitrogens is 1. The predicted molar refractivity (Wildman–Crippen MR) is 136 cm³/mol. The Balaban J connectivity index is 1.45. The van der Waals surface area contributed by atoms with Crippen LogP contribution in [0.4, 0.5) is 23.2 Å². The maximum Gasteiger partial charge on any atom is 0.433 e. The lowest BCUT2D eigenvalue weighted by molar-refractivity contribution is -0.141. The summed E-state index contributed by atoms with van der Waals surface area (Å²) in [6.07, 6.45) is -1.37. The summed E-state index contributed by atoms with van der Waals surface area (Å²) in [6, 6.07) is 5.62. The SMILES string of the molecule is CC1(c2nc(C(F)(F)F)ccc2C2=NC3(CCN(c4cc(Br)cc(F)c4CBr)CC3)C(=O)N2)CCC1. The van der Waals surface area contributed by atoms with Crippen LogP contribution in [0.1, 0.15) is 61.5 Å². The number of piperidine rings is 1. The van der Waals surface area contributed by atoms with Gasteiger partial charge in [0.15, 0.2) is 0 Å². The largest absolute Gasteiger partial charge is 0.433 e. The van der Waals surface area contributed by atoms with Crippen molar-refractivity contribution >= 4 is 49.3 Å². The molecule has 0 radical (unpaired) electrons. The number of anilines is 1. The Morgan fingerprint density at radius 2 is 1.83 bits per heavy atom. The number of benzene rings is 1. The second-order valence-corrected chi connectivity index (χ2v) is 11.4. The molecule has 1 N–H and O–H groups in total. The van der Waals surface area contributed by atoms with Gasteiger partial charge in [-0.15, -0.1) is 0 Å². The summed E-state index contributed by atoms with van der Waals surface area (Å²) in [7, 11) is 0. The first-order valence-electron chi connectivity index (χ1n) is 11.7. The maximum absolute atomic E-state index is 14.5. The van der Waals surface area contributed by atoms with Gasteiger partial charge in [-0.25, -0.2) is 9.37 Å². The number of carbonyl (C=O) groups excluding carboxylic acids is 1. The van der Waals surface area contributed by atoms with Crippen LogP contribution in [0.2, 0.25) is 0 Å². The molecule has 3 aliphatic rings. The fourth-order valence-electron chi connectivity index (χ4n) is 5.32. The second kappa shape index (κ2) is 9.08. The molecule has 1 aromatic heterocycles. The summed E-state index contributed by atoms with van der Waals surface area (Å²) in [5.41, 5.74) is -0.347. The van der Waals surface area contributed by atoms with Crippen LogP contribution in [0, 0.1) is 5.82 Å². The van der Waals surface area contributed by atoms with Gasteiger partial charge in [-0.3, -0.25) is 9.79 Å². The average molecular weight is 632 g/mol. The Kier molecular flexibility index (Phi) is 6.46. The van der Waals surface area contributed by atoms with Crippen molar-refractivity contribution in [1.82, 2.24) is 10.3 Å². The number of alkyl halides is 4. The molecule has 192 valence electrons. The Hall–Kier alpha value is -2.01. The fourth-order valence-corrected chi connectivity index (χ4v) is 6.29. The Bertz CT molecular complexity index is 1250. The van der Waals surface area contributed by atoms with Gasteiger partial charge in [0.2, 0.25) is 0 Å². The van der Waals surface area contributed by atoms with Crippen molar-refractivity contribution in [3.63, 3.8) is 0 Å². The first-order chi connectivity index (χ1) is 17.0. The van der Waals surface area contributed by atoms with Gasteiger partial charge in [-0.05, 0) is 49.9 Å². The normalized spacial score (nSPS) is 20.8. The third-order valence-corrected chi connectivity index (χ3v) is 8.67. The van der Waals surface area contributed by atoms with Crippen LogP contribution in [0.5, 0.6) is 0 Å². The van der Waals surface area contributed by atoms with Gasteiger partial charge in [0.1, 0.15) is 22.9 Å². The van der Waals surface area contributed by atoms with E-state index >= 15 is 0 Å². The third kappa shape index (κ3) is 4.36. The molecule has 11 heteroatoms.